The summed E-state index contributed by atoms with van der Waals surface area (Å²) in [6.07, 6.45) is 1.72. The summed E-state index contributed by atoms with van der Waals surface area (Å²) >= 11 is 0. The van der Waals surface area contributed by atoms with E-state index in [-0.39, 0.29) is 17.7 Å². The van der Waals surface area contributed by atoms with Crippen LogP contribution in [0.25, 0.3) is 0 Å². The van der Waals surface area contributed by atoms with Gasteiger partial charge in [-0.05, 0) is 6.92 Å². The number of nitrogens with zero attached hydrogens (tertiary/aromatic N) is 4. The van der Waals surface area contributed by atoms with Gasteiger partial charge < -0.3 is 9.80 Å². The van der Waals surface area contributed by atoms with E-state index in [0.717, 1.165) is 5.69 Å². The van der Waals surface area contributed by atoms with Crippen LogP contribution in [0.4, 0.5) is 0 Å². The molecule has 0 radical (unpaired) electrons. The van der Waals surface area contributed by atoms with Crippen LogP contribution in [0.1, 0.15) is 16.1 Å². The lowest BCUT2D eigenvalue weighted by atomic mass is 9.97. The Labute approximate surface area is 106 Å². The van der Waals surface area contributed by atoms with E-state index in [1.165, 1.54) is 0 Å². The van der Waals surface area contributed by atoms with Crippen molar-refractivity contribution in [1.82, 2.24) is 19.6 Å². The minimum absolute atomic E-state index is 0.0385. The Bertz CT molecular complexity index is 486. The van der Waals surface area contributed by atoms with Crippen molar-refractivity contribution >= 4 is 11.8 Å². The number of hydrogen-bond acceptors (Lipinski definition) is 3. The Morgan fingerprint density at radius 1 is 1.39 bits per heavy atom. The standard InChI is InChI=1S/C12H18N4O2/c1-8-10(7-15(4)13-8)12(18)16-5-9(6-16)11(17)14(2)3/h7,9H,5-6H2,1-4H3. The van der Waals surface area contributed by atoms with Gasteiger partial charge in [-0.1, -0.05) is 0 Å². The highest BCUT2D eigenvalue weighted by Gasteiger charge is 2.37. The van der Waals surface area contributed by atoms with Crippen LogP contribution in [-0.2, 0) is 11.8 Å². The summed E-state index contributed by atoms with van der Waals surface area (Å²) in [6.45, 7) is 2.82. The Balaban J connectivity index is 1.99. The molecule has 0 bridgehead atoms. The number of aryl methyl sites for hydroxylation is 2. The van der Waals surface area contributed by atoms with Crippen molar-refractivity contribution in [3.63, 3.8) is 0 Å². The molecule has 1 fully saturated rings. The summed E-state index contributed by atoms with van der Waals surface area (Å²) in [7, 11) is 5.26. The molecule has 0 aromatic carbocycles. The van der Waals surface area contributed by atoms with Crippen LogP contribution in [-0.4, -0.2) is 58.6 Å². The molecule has 2 amide bonds. The molecule has 1 aliphatic rings. The number of likely N-dealkylation sites (tertiary alicyclic amines) is 1. The molecule has 0 atom stereocenters. The highest BCUT2D eigenvalue weighted by atomic mass is 16.2. The Hall–Kier alpha value is -1.85. The first kappa shape index (κ1) is 12.6. The van der Waals surface area contributed by atoms with Gasteiger partial charge in [0.05, 0.1) is 17.2 Å². The van der Waals surface area contributed by atoms with Crippen LogP contribution in [0.5, 0.6) is 0 Å². The molecule has 2 rings (SSSR count). The molecule has 6 heteroatoms. The molecule has 18 heavy (non-hydrogen) atoms. The first-order valence-electron chi connectivity index (χ1n) is 5.91. The Kier molecular flexibility index (Phi) is 3.11. The van der Waals surface area contributed by atoms with Gasteiger partial charge in [-0.2, -0.15) is 5.10 Å². The third-order valence-corrected chi connectivity index (χ3v) is 3.20. The van der Waals surface area contributed by atoms with E-state index < -0.39 is 0 Å². The molecule has 2 heterocycles. The van der Waals surface area contributed by atoms with Gasteiger partial charge in [0.1, 0.15) is 0 Å². The molecule has 1 aliphatic heterocycles. The zero-order valence-corrected chi connectivity index (χ0v) is 11.2. The van der Waals surface area contributed by atoms with Gasteiger partial charge >= 0.3 is 0 Å². The van der Waals surface area contributed by atoms with Gasteiger partial charge in [0, 0.05) is 40.4 Å². The molecular weight excluding hydrogens is 232 g/mol. The maximum absolute atomic E-state index is 12.1. The highest BCUT2D eigenvalue weighted by molar-refractivity contribution is 5.96. The second-order valence-corrected chi connectivity index (χ2v) is 4.94. The van der Waals surface area contributed by atoms with Gasteiger partial charge in [-0.15, -0.1) is 0 Å². The van der Waals surface area contributed by atoms with E-state index in [1.54, 1.807) is 41.8 Å². The summed E-state index contributed by atoms with van der Waals surface area (Å²) in [5, 5.41) is 4.15. The third kappa shape index (κ3) is 2.10. The van der Waals surface area contributed by atoms with Gasteiger partial charge in [-0.3, -0.25) is 14.3 Å². The molecule has 6 nitrogen and oxygen atoms in total. The second kappa shape index (κ2) is 4.44. The minimum Gasteiger partial charge on any atom is -0.348 e. The SMILES string of the molecule is Cc1nn(C)cc1C(=O)N1CC(C(=O)N(C)C)C1. The molecule has 0 unspecified atom stereocenters. The van der Waals surface area contributed by atoms with E-state index in [0.29, 0.717) is 18.7 Å². The fourth-order valence-corrected chi connectivity index (χ4v) is 2.15. The van der Waals surface area contributed by atoms with Crippen LogP contribution < -0.4 is 0 Å². The molecule has 98 valence electrons. The van der Waals surface area contributed by atoms with Crippen LogP contribution in [0.3, 0.4) is 0 Å². The van der Waals surface area contributed by atoms with Crippen molar-refractivity contribution in [3.8, 4) is 0 Å². The summed E-state index contributed by atoms with van der Waals surface area (Å²) in [5.74, 6) is -0.00806. The average Bonchev–Trinajstić information content (AvgIpc) is 2.55. The lowest BCUT2D eigenvalue weighted by Crippen LogP contribution is -2.55. The molecule has 0 saturated carbocycles. The zero-order valence-electron chi connectivity index (χ0n) is 11.2. The quantitative estimate of drug-likeness (QED) is 0.736. The molecule has 0 spiro atoms. The molecule has 0 aliphatic carbocycles. The second-order valence-electron chi connectivity index (χ2n) is 4.94. The maximum Gasteiger partial charge on any atom is 0.257 e. The molecule has 1 saturated heterocycles. The van der Waals surface area contributed by atoms with Crippen molar-refractivity contribution in [3.05, 3.63) is 17.5 Å². The number of carbonyl (C=O) groups excluding carboxylic acids is 2. The topological polar surface area (TPSA) is 58.4 Å². The number of rotatable bonds is 2. The maximum atomic E-state index is 12.1. The van der Waals surface area contributed by atoms with E-state index in [4.69, 9.17) is 0 Å². The number of hydrogen-bond donors (Lipinski definition) is 0. The summed E-state index contributed by atoms with van der Waals surface area (Å²) in [4.78, 5) is 27.1. The van der Waals surface area contributed by atoms with E-state index in [1.807, 2.05) is 6.92 Å². The monoisotopic (exact) mass is 250 g/mol. The van der Waals surface area contributed by atoms with Gasteiger partial charge in [-0.25, -0.2) is 0 Å². The van der Waals surface area contributed by atoms with Crippen LogP contribution in [0, 0.1) is 12.8 Å². The number of amides is 2. The highest BCUT2D eigenvalue weighted by Crippen LogP contribution is 2.21. The molecule has 0 N–H and O–H groups in total. The van der Waals surface area contributed by atoms with Crippen molar-refractivity contribution in [2.24, 2.45) is 13.0 Å². The van der Waals surface area contributed by atoms with Crippen molar-refractivity contribution in [2.75, 3.05) is 27.2 Å². The Morgan fingerprint density at radius 2 is 2.00 bits per heavy atom. The van der Waals surface area contributed by atoms with Gasteiger partial charge in [0.15, 0.2) is 0 Å². The van der Waals surface area contributed by atoms with Gasteiger partial charge in [0.2, 0.25) is 5.91 Å². The predicted octanol–water partition coefficient (Wildman–Crippen LogP) is -0.111. The normalized spacial score (nSPS) is 15.4. The number of carbonyl (C=O) groups is 2. The van der Waals surface area contributed by atoms with Crippen LogP contribution >= 0.6 is 0 Å². The first-order valence-corrected chi connectivity index (χ1v) is 5.91. The molecule has 1 aromatic heterocycles. The lowest BCUT2D eigenvalue weighted by Gasteiger charge is -2.39. The van der Waals surface area contributed by atoms with E-state index >= 15 is 0 Å². The largest absolute Gasteiger partial charge is 0.348 e. The third-order valence-electron chi connectivity index (χ3n) is 3.20. The fourth-order valence-electron chi connectivity index (χ4n) is 2.15. The zero-order chi connectivity index (χ0) is 13.4. The predicted molar refractivity (Wildman–Crippen MR) is 66.0 cm³/mol. The van der Waals surface area contributed by atoms with Crippen LogP contribution in [0.2, 0.25) is 0 Å². The van der Waals surface area contributed by atoms with Gasteiger partial charge in [0.25, 0.3) is 5.91 Å². The summed E-state index contributed by atoms with van der Waals surface area (Å²) in [5.41, 5.74) is 1.35. The van der Waals surface area contributed by atoms with E-state index in [9.17, 15) is 9.59 Å². The van der Waals surface area contributed by atoms with Crippen molar-refractivity contribution in [2.45, 2.75) is 6.92 Å². The Morgan fingerprint density at radius 3 is 2.44 bits per heavy atom. The van der Waals surface area contributed by atoms with Crippen LogP contribution in [0.15, 0.2) is 6.20 Å². The smallest absolute Gasteiger partial charge is 0.257 e. The first-order chi connectivity index (χ1) is 8.40. The fraction of sp³-hybridized carbons (Fsp3) is 0.583. The van der Waals surface area contributed by atoms with Crippen molar-refractivity contribution in [1.29, 1.82) is 0 Å². The summed E-state index contributed by atoms with van der Waals surface area (Å²) < 4.78 is 1.63. The van der Waals surface area contributed by atoms with Crippen molar-refractivity contribution < 1.29 is 9.59 Å². The lowest BCUT2D eigenvalue weighted by molar-refractivity contribution is -0.137. The minimum atomic E-state index is -0.0547. The summed E-state index contributed by atoms with van der Waals surface area (Å²) in [6, 6.07) is 0. The van der Waals surface area contributed by atoms with E-state index in [2.05, 4.69) is 5.10 Å². The average molecular weight is 250 g/mol. The molecular formula is C12H18N4O2. The number of aromatic nitrogens is 2. The molecule has 1 aromatic rings.